The third-order valence-electron chi connectivity index (χ3n) is 15.7. The zero-order valence-electron chi connectivity index (χ0n) is 45.5. The van der Waals surface area contributed by atoms with Crippen LogP contribution in [0.25, 0.3) is 78.9 Å². The third kappa shape index (κ3) is 9.02. The van der Waals surface area contributed by atoms with Crippen LogP contribution in [0.4, 0.5) is 39.8 Å². The summed E-state index contributed by atoms with van der Waals surface area (Å²) in [5.74, 6) is 1.26. The van der Waals surface area contributed by atoms with Crippen LogP contribution in [0, 0.1) is 0 Å². The zero-order valence-corrected chi connectivity index (χ0v) is 45.5. The van der Waals surface area contributed by atoms with Gasteiger partial charge in [0.15, 0.2) is 11.6 Å². The molecule has 12 aromatic rings. The molecule has 0 fully saturated rings. The highest BCUT2D eigenvalue weighted by atomic mass is 15.2. The summed E-state index contributed by atoms with van der Waals surface area (Å²) in [6.45, 7) is 6.54. The number of para-hydroxylation sites is 3. The number of fused-ring (bicyclic) bond motifs is 4. The fourth-order valence-electron chi connectivity index (χ4n) is 11.8. The van der Waals surface area contributed by atoms with Crippen LogP contribution >= 0.6 is 0 Å². The summed E-state index contributed by atoms with van der Waals surface area (Å²) in [5, 5.41) is 0. The van der Waals surface area contributed by atoms with Gasteiger partial charge in [-0.15, -0.1) is 0 Å². The lowest BCUT2D eigenvalue weighted by Gasteiger charge is -2.44. The molecule has 2 aliphatic heterocycles. The van der Waals surface area contributed by atoms with E-state index in [0.717, 1.165) is 95.7 Å². The van der Waals surface area contributed by atoms with E-state index in [-0.39, 0.29) is 6.71 Å². The Bertz CT molecular complexity index is 4360. The van der Waals surface area contributed by atoms with Crippen LogP contribution in [-0.4, -0.2) is 33.7 Å². The number of hydrogen-bond acceptors (Lipinski definition) is 7. The quantitative estimate of drug-likeness (QED) is 0.0892. The van der Waals surface area contributed by atoms with Gasteiger partial charge in [0.05, 0.1) is 28.5 Å². The second-order valence-corrected chi connectivity index (χ2v) is 20.7. The minimum Gasteiger partial charge on any atom is -0.345 e. The zero-order chi connectivity index (χ0) is 55.1. The molecule has 0 radical (unpaired) electrons. The lowest BCUT2D eigenvalue weighted by Crippen LogP contribution is -2.61. The Labute approximate surface area is 479 Å². The lowest BCUT2D eigenvalue weighted by atomic mass is 9.33. The average Bonchev–Trinajstić information content (AvgIpc) is 2.53. The number of anilines is 7. The highest BCUT2D eigenvalue weighted by molar-refractivity contribution is 7.00. The number of allylic oxidation sites excluding steroid dienone is 2. The molecule has 0 bridgehead atoms. The van der Waals surface area contributed by atoms with E-state index >= 15 is 0 Å². The molecule has 2 aliphatic rings. The summed E-state index contributed by atoms with van der Waals surface area (Å²) in [7, 11) is 2.05. The Kier molecular flexibility index (Phi) is 12.8. The Hall–Kier alpha value is -10.7. The Morgan fingerprint density at radius 3 is 1.45 bits per heavy atom. The molecule has 0 saturated heterocycles. The second kappa shape index (κ2) is 21.2. The minimum absolute atomic E-state index is 0.0597. The van der Waals surface area contributed by atoms with Crippen molar-refractivity contribution in [2.24, 2.45) is 0 Å². The van der Waals surface area contributed by atoms with Crippen LogP contribution in [0.2, 0.25) is 0 Å². The van der Waals surface area contributed by atoms with Crippen LogP contribution in [0.1, 0.15) is 6.92 Å². The topological polar surface area (TPSA) is 61.3 Å². The van der Waals surface area contributed by atoms with Crippen LogP contribution in [0.3, 0.4) is 0 Å². The maximum Gasteiger partial charge on any atom is 0.252 e. The van der Waals surface area contributed by atoms with Crippen LogP contribution in [-0.2, 0) is 0 Å². The largest absolute Gasteiger partial charge is 0.345 e. The van der Waals surface area contributed by atoms with E-state index in [2.05, 4.69) is 253 Å². The molecular formula is C74H54BN7. The summed E-state index contributed by atoms with van der Waals surface area (Å²) in [6.07, 6.45) is 4.03. The first-order valence-corrected chi connectivity index (χ1v) is 27.8. The minimum atomic E-state index is 0.0597. The van der Waals surface area contributed by atoms with Crippen molar-refractivity contribution in [1.82, 2.24) is 19.9 Å². The first-order chi connectivity index (χ1) is 40.5. The van der Waals surface area contributed by atoms with Gasteiger partial charge in [-0.2, -0.15) is 0 Å². The summed E-state index contributed by atoms with van der Waals surface area (Å²) in [4.78, 5) is 28.2. The molecule has 14 rings (SSSR count). The van der Waals surface area contributed by atoms with Gasteiger partial charge in [-0.05, 0) is 119 Å². The first-order valence-electron chi connectivity index (χ1n) is 27.8. The maximum absolute atomic E-state index is 5.53. The summed E-state index contributed by atoms with van der Waals surface area (Å²) in [5.41, 5.74) is 23.5. The lowest BCUT2D eigenvalue weighted by molar-refractivity contribution is 1.13. The molecule has 0 aliphatic carbocycles. The average molecular weight is 1050 g/mol. The van der Waals surface area contributed by atoms with Crippen molar-refractivity contribution in [3.8, 4) is 78.9 Å². The molecule has 2 aromatic heterocycles. The molecule has 8 heteroatoms. The molecule has 0 unspecified atom stereocenters. The van der Waals surface area contributed by atoms with E-state index in [4.69, 9.17) is 19.9 Å². The predicted octanol–water partition coefficient (Wildman–Crippen LogP) is 16.5. The number of hydrogen-bond donors (Lipinski definition) is 0. The second-order valence-electron chi connectivity index (χ2n) is 20.7. The van der Waals surface area contributed by atoms with E-state index < -0.39 is 0 Å². The van der Waals surface area contributed by atoms with Crippen molar-refractivity contribution in [3.05, 3.63) is 291 Å². The van der Waals surface area contributed by atoms with Gasteiger partial charge in [-0.25, -0.2) is 19.9 Å². The maximum atomic E-state index is 5.53. The molecule has 10 aromatic carbocycles. The molecule has 0 atom stereocenters. The monoisotopic (exact) mass is 1050 g/mol. The number of nitrogens with zero attached hydrogens (tertiary/aromatic N) is 7. The van der Waals surface area contributed by atoms with Gasteiger partial charge in [0.2, 0.25) is 0 Å². The van der Waals surface area contributed by atoms with E-state index in [9.17, 15) is 0 Å². The molecule has 0 amide bonds. The molecule has 388 valence electrons. The van der Waals surface area contributed by atoms with Gasteiger partial charge in [0.1, 0.15) is 0 Å². The molecule has 0 spiro atoms. The van der Waals surface area contributed by atoms with E-state index in [0.29, 0.717) is 11.6 Å². The summed E-state index contributed by atoms with van der Waals surface area (Å²) in [6, 6.07) is 94.3. The number of benzene rings is 10. The van der Waals surface area contributed by atoms with E-state index in [1.807, 2.05) is 61.5 Å². The van der Waals surface area contributed by atoms with Gasteiger partial charge in [0.25, 0.3) is 6.71 Å². The Balaban J connectivity index is 0.897. The van der Waals surface area contributed by atoms with Gasteiger partial charge >= 0.3 is 0 Å². The number of aromatic nitrogens is 4. The molecular weight excluding hydrogens is 998 g/mol. The molecule has 82 heavy (non-hydrogen) atoms. The Morgan fingerprint density at radius 1 is 0.390 bits per heavy atom. The van der Waals surface area contributed by atoms with Crippen molar-refractivity contribution in [2.45, 2.75) is 6.92 Å². The molecule has 7 nitrogen and oxygen atoms in total. The van der Waals surface area contributed by atoms with Gasteiger partial charge in [-0.3, -0.25) is 0 Å². The molecule has 0 N–H and O–H groups in total. The van der Waals surface area contributed by atoms with E-state index in [1.165, 1.54) is 33.5 Å². The van der Waals surface area contributed by atoms with E-state index in [1.54, 1.807) is 0 Å². The van der Waals surface area contributed by atoms with Crippen molar-refractivity contribution in [3.63, 3.8) is 0 Å². The highest BCUT2D eigenvalue weighted by Gasteiger charge is 2.42. The highest BCUT2D eigenvalue weighted by Crippen LogP contribution is 2.45. The van der Waals surface area contributed by atoms with Crippen molar-refractivity contribution >= 4 is 62.9 Å². The smallest absolute Gasteiger partial charge is 0.252 e. The van der Waals surface area contributed by atoms with Gasteiger partial charge in [-0.1, -0.05) is 201 Å². The molecule has 0 saturated carbocycles. The SMILES string of the molecule is C=C(/C=C\C)N(C)c1ccc(-c2cc(-c3ccccc3)nc(-c3ccccc3)n2)cc1-c1cc(-c2ccccc2)nc(-c2cccc(-c3cccc(N4c5ccccc5B5c6ccccc6N(c6ccccc6)c6cccc4c65)c3)c2)n1. The number of rotatable bonds is 12. The van der Waals surface area contributed by atoms with Crippen LogP contribution in [0.15, 0.2) is 291 Å². The third-order valence-corrected chi connectivity index (χ3v) is 15.7. The standard InChI is InChI=1S/C74H54BN7/c1-4-24-50(2)80(3)67-44-43-56(65-48-63(51-25-9-5-10-26-51)76-73(78-65)53-29-13-7-14-30-53)47-60(67)66-49-64(52-27-11-6-12-28-52)77-74(79-66)57-33-21-31-54(45-57)55-32-22-36-59(46-55)82-69-40-20-18-38-62(69)75-61-37-17-19-39-68(61)81(58-34-15-8-16-35-58)70-41-23-42-71(82)72(70)75/h4-49H,2H2,1,3H3/b24-4-. The molecule has 4 heterocycles. The fraction of sp³-hybridized carbons (Fsp3) is 0.0270. The van der Waals surface area contributed by atoms with Gasteiger partial charge < -0.3 is 14.7 Å². The predicted molar refractivity (Wildman–Crippen MR) is 342 cm³/mol. The van der Waals surface area contributed by atoms with Crippen molar-refractivity contribution < 1.29 is 0 Å². The fourth-order valence-corrected chi connectivity index (χ4v) is 11.8. The van der Waals surface area contributed by atoms with Crippen LogP contribution < -0.4 is 31.1 Å². The summed E-state index contributed by atoms with van der Waals surface area (Å²) >= 11 is 0. The van der Waals surface area contributed by atoms with Gasteiger partial charge in [0, 0.05) is 80.2 Å². The normalized spacial score (nSPS) is 12.2. The van der Waals surface area contributed by atoms with Crippen molar-refractivity contribution in [1.29, 1.82) is 0 Å². The van der Waals surface area contributed by atoms with Crippen LogP contribution in [0.5, 0.6) is 0 Å². The summed E-state index contributed by atoms with van der Waals surface area (Å²) < 4.78 is 0. The first kappa shape index (κ1) is 49.6. The number of likely N-dealkylation sites (N-methyl/N-ethyl adjacent to an activating group) is 1. The Morgan fingerprint density at radius 2 is 0.829 bits per heavy atom. The van der Waals surface area contributed by atoms with Crippen molar-refractivity contribution in [2.75, 3.05) is 21.7 Å².